The summed E-state index contributed by atoms with van der Waals surface area (Å²) in [5.41, 5.74) is 1.70. The summed E-state index contributed by atoms with van der Waals surface area (Å²) in [6.07, 6.45) is 0. The van der Waals surface area contributed by atoms with Gasteiger partial charge in [0.2, 0.25) is 0 Å². The van der Waals surface area contributed by atoms with E-state index in [0.29, 0.717) is 24.7 Å². The summed E-state index contributed by atoms with van der Waals surface area (Å²) in [4.78, 5) is 11.5. The second-order valence-corrected chi connectivity index (χ2v) is 3.69. The number of hydrogen-bond acceptors (Lipinski definition) is 3. The first-order valence-corrected chi connectivity index (χ1v) is 5.16. The van der Waals surface area contributed by atoms with E-state index in [-0.39, 0.29) is 5.97 Å². The van der Waals surface area contributed by atoms with E-state index in [1.807, 2.05) is 12.1 Å². The van der Waals surface area contributed by atoms with Crippen LogP contribution >= 0.6 is 0 Å². The normalized spacial score (nSPS) is 18.1. The van der Waals surface area contributed by atoms with E-state index in [2.05, 4.69) is 6.92 Å². The van der Waals surface area contributed by atoms with Gasteiger partial charge in [-0.1, -0.05) is 6.92 Å². The maximum atomic E-state index is 11.5. The Morgan fingerprint density at radius 3 is 3.13 bits per heavy atom. The van der Waals surface area contributed by atoms with Crippen molar-refractivity contribution >= 4 is 5.97 Å². The molecule has 0 unspecified atom stereocenters. The van der Waals surface area contributed by atoms with Gasteiger partial charge >= 0.3 is 5.97 Å². The molecular weight excluding hydrogens is 192 g/mol. The molecule has 1 aliphatic rings. The third-order valence-corrected chi connectivity index (χ3v) is 2.54. The van der Waals surface area contributed by atoms with E-state index in [0.717, 1.165) is 11.3 Å². The predicted octanol–water partition coefficient (Wildman–Crippen LogP) is 2.36. The molecule has 80 valence electrons. The summed E-state index contributed by atoms with van der Waals surface area (Å²) in [5, 5.41) is 0. The van der Waals surface area contributed by atoms with Crippen molar-refractivity contribution in [2.45, 2.75) is 19.8 Å². The van der Waals surface area contributed by atoms with E-state index in [4.69, 9.17) is 9.47 Å². The molecule has 0 aliphatic carbocycles. The summed E-state index contributed by atoms with van der Waals surface area (Å²) in [6, 6.07) is 5.45. The minimum atomic E-state index is -0.264. The van der Waals surface area contributed by atoms with Crippen LogP contribution in [0.3, 0.4) is 0 Å². The summed E-state index contributed by atoms with van der Waals surface area (Å²) in [6.45, 7) is 4.99. The van der Waals surface area contributed by atoms with E-state index in [9.17, 15) is 4.79 Å². The van der Waals surface area contributed by atoms with Gasteiger partial charge in [0.1, 0.15) is 5.75 Å². The molecule has 15 heavy (non-hydrogen) atoms. The van der Waals surface area contributed by atoms with Crippen molar-refractivity contribution in [3.63, 3.8) is 0 Å². The highest BCUT2D eigenvalue weighted by Gasteiger charge is 2.21. The van der Waals surface area contributed by atoms with Crippen molar-refractivity contribution in [3.05, 3.63) is 29.3 Å². The maximum Gasteiger partial charge on any atom is 0.338 e. The lowest BCUT2D eigenvalue weighted by Gasteiger charge is -2.04. The minimum Gasteiger partial charge on any atom is -0.493 e. The molecule has 0 saturated heterocycles. The monoisotopic (exact) mass is 206 g/mol. The van der Waals surface area contributed by atoms with Gasteiger partial charge in [-0.05, 0) is 25.1 Å². The Bertz CT molecular complexity index is 384. The average Bonchev–Trinajstić information content (AvgIpc) is 2.60. The Hall–Kier alpha value is -1.51. The number of hydrogen-bond donors (Lipinski definition) is 0. The van der Waals surface area contributed by atoms with Gasteiger partial charge in [-0.2, -0.15) is 0 Å². The minimum absolute atomic E-state index is 0.264. The molecule has 0 N–H and O–H groups in total. The summed E-state index contributed by atoms with van der Waals surface area (Å²) in [5.74, 6) is 0.976. The SMILES string of the molecule is CCOC(=O)c1ccc2c(c1)[C@H](C)CO2. The van der Waals surface area contributed by atoms with Crippen LogP contribution in [-0.4, -0.2) is 19.2 Å². The van der Waals surface area contributed by atoms with Crippen LogP contribution in [0.1, 0.15) is 35.7 Å². The van der Waals surface area contributed by atoms with Crippen molar-refractivity contribution in [2.75, 3.05) is 13.2 Å². The number of carbonyl (C=O) groups excluding carboxylic acids is 1. The quantitative estimate of drug-likeness (QED) is 0.697. The second-order valence-electron chi connectivity index (χ2n) is 3.69. The molecule has 0 amide bonds. The van der Waals surface area contributed by atoms with Crippen LogP contribution in [0.5, 0.6) is 5.75 Å². The van der Waals surface area contributed by atoms with Crippen molar-refractivity contribution in [1.29, 1.82) is 0 Å². The lowest BCUT2D eigenvalue weighted by atomic mass is 10.0. The Kier molecular flexibility index (Phi) is 2.62. The smallest absolute Gasteiger partial charge is 0.338 e. The highest BCUT2D eigenvalue weighted by atomic mass is 16.5. The Balaban J connectivity index is 2.29. The molecule has 1 atom stereocenters. The first kappa shape index (κ1) is 10.0. The molecule has 0 bridgehead atoms. The summed E-state index contributed by atoms with van der Waals surface area (Å²) < 4.78 is 10.4. The first-order valence-electron chi connectivity index (χ1n) is 5.16. The number of fused-ring (bicyclic) bond motifs is 1. The lowest BCUT2D eigenvalue weighted by Crippen LogP contribution is -2.04. The fraction of sp³-hybridized carbons (Fsp3) is 0.417. The first-order chi connectivity index (χ1) is 7.22. The van der Waals surface area contributed by atoms with E-state index in [1.54, 1.807) is 13.0 Å². The van der Waals surface area contributed by atoms with Gasteiger partial charge in [-0.25, -0.2) is 4.79 Å². The third kappa shape index (κ3) is 1.82. The van der Waals surface area contributed by atoms with Crippen LogP contribution in [0.15, 0.2) is 18.2 Å². The molecule has 0 spiro atoms. The third-order valence-electron chi connectivity index (χ3n) is 2.54. The van der Waals surface area contributed by atoms with Crippen LogP contribution in [0.2, 0.25) is 0 Å². The van der Waals surface area contributed by atoms with Crippen LogP contribution in [0.4, 0.5) is 0 Å². The number of esters is 1. The standard InChI is InChI=1S/C12H14O3/c1-3-14-12(13)9-4-5-11-10(6-9)8(2)7-15-11/h4-6,8H,3,7H2,1-2H3/t8-/m1/s1. The molecule has 1 aliphatic heterocycles. The van der Waals surface area contributed by atoms with Crippen molar-refractivity contribution < 1.29 is 14.3 Å². The molecule has 0 radical (unpaired) electrons. The van der Waals surface area contributed by atoms with Crippen molar-refractivity contribution in [2.24, 2.45) is 0 Å². The van der Waals surface area contributed by atoms with Gasteiger partial charge in [0.25, 0.3) is 0 Å². The van der Waals surface area contributed by atoms with Gasteiger partial charge in [0.05, 0.1) is 18.8 Å². The van der Waals surface area contributed by atoms with Crippen molar-refractivity contribution in [1.82, 2.24) is 0 Å². The summed E-state index contributed by atoms with van der Waals surface area (Å²) in [7, 11) is 0. The van der Waals surface area contributed by atoms with E-state index >= 15 is 0 Å². The zero-order chi connectivity index (χ0) is 10.8. The van der Waals surface area contributed by atoms with Crippen LogP contribution in [-0.2, 0) is 4.74 Å². The largest absolute Gasteiger partial charge is 0.493 e. The Morgan fingerprint density at radius 1 is 1.60 bits per heavy atom. The Morgan fingerprint density at radius 2 is 2.40 bits per heavy atom. The predicted molar refractivity (Wildman–Crippen MR) is 56.3 cm³/mol. The zero-order valence-corrected chi connectivity index (χ0v) is 8.95. The van der Waals surface area contributed by atoms with Crippen LogP contribution in [0.25, 0.3) is 0 Å². The highest BCUT2D eigenvalue weighted by Crippen LogP contribution is 2.34. The fourth-order valence-corrected chi connectivity index (χ4v) is 1.71. The fourth-order valence-electron chi connectivity index (χ4n) is 1.71. The lowest BCUT2D eigenvalue weighted by molar-refractivity contribution is 0.0526. The molecule has 1 heterocycles. The molecule has 0 aromatic heterocycles. The number of rotatable bonds is 2. The zero-order valence-electron chi connectivity index (χ0n) is 8.95. The molecule has 2 rings (SSSR count). The van der Waals surface area contributed by atoms with Gasteiger partial charge in [0, 0.05) is 11.5 Å². The van der Waals surface area contributed by atoms with Gasteiger partial charge in [0.15, 0.2) is 0 Å². The van der Waals surface area contributed by atoms with Gasteiger partial charge in [-0.3, -0.25) is 0 Å². The molecule has 1 aromatic rings. The number of ether oxygens (including phenoxy) is 2. The molecule has 0 fully saturated rings. The summed E-state index contributed by atoms with van der Waals surface area (Å²) >= 11 is 0. The second kappa shape index (κ2) is 3.93. The van der Waals surface area contributed by atoms with E-state index in [1.165, 1.54) is 0 Å². The number of benzene rings is 1. The maximum absolute atomic E-state index is 11.5. The van der Waals surface area contributed by atoms with Crippen LogP contribution < -0.4 is 4.74 Å². The average molecular weight is 206 g/mol. The van der Waals surface area contributed by atoms with Crippen LogP contribution in [0, 0.1) is 0 Å². The topological polar surface area (TPSA) is 35.5 Å². The number of carbonyl (C=O) groups is 1. The molecule has 3 heteroatoms. The molecular formula is C12H14O3. The Labute approximate surface area is 89.0 Å². The van der Waals surface area contributed by atoms with Crippen molar-refractivity contribution in [3.8, 4) is 5.75 Å². The highest BCUT2D eigenvalue weighted by molar-refractivity contribution is 5.90. The molecule has 0 saturated carbocycles. The van der Waals surface area contributed by atoms with E-state index < -0.39 is 0 Å². The molecule has 1 aromatic carbocycles. The van der Waals surface area contributed by atoms with Gasteiger partial charge in [-0.15, -0.1) is 0 Å². The van der Waals surface area contributed by atoms with Gasteiger partial charge < -0.3 is 9.47 Å². The molecule has 3 nitrogen and oxygen atoms in total.